The van der Waals surface area contributed by atoms with Crippen LogP contribution in [0.5, 0.6) is 0 Å². The Hall–Kier alpha value is -6.30. The molecule has 2 aromatic heterocycles. The van der Waals surface area contributed by atoms with Crippen LogP contribution in [0.25, 0.3) is 79.2 Å². The number of rotatable bonds is 7. The number of aromatic nitrogens is 5. The summed E-state index contributed by atoms with van der Waals surface area (Å²) in [5.74, 6) is 1.78. The molecule has 0 unspecified atom stereocenters. The second kappa shape index (κ2) is 13.4. The van der Waals surface area contributed by atoms with Crippen molar-refractivity contribution in [2.24, 2.45) is 0 Å². The normalized spacial score (nSPS) is 11.0. The highest BCUT2D eigenvalue weighted by Crippen LogP contribution is 2.38. The van der Waals surface area contributed by atoms with Crippen LogP contribution < -0.4 is 0 Å². The van der Waals surface area contributed by atoms with Gasteiger partial charge in [-0.1, -0.05) is 163 Å². The molecular formula is C43H28ClN5. The van der Waals surface area contributed by atoms with Crippen molar-refractivity contribution in [1.29, 1.82) is 0 Å². The van der Waals surface area contributed by atoms with Gasteiger partial charge in [0.05, 0.1) is 22.8 Å². The topological polar surface area (TPSA) is 64.5 Å². The molecule has 0 aliphatic rings. The van der Waals surface area contributed by atoms with E-state index < -0.39 is 0 Å². The standard InChI is InChI=1S/C43H28ClN5/c44-36-26-24-31(25-27-36)39-40(46-38(30-16-7-2-8-17-30)37(45-39)29-14-5-1-6-15-29)34-22-13-23-35(28-34)43-48-41(32-18-9-3-10-19-32)47-42(49-43)33-20-11-4-12-21-33/h1-28H. The van der Waals surface area contributed by atoms with Gasteiger partial charge in [-0.15, -0.1) is 0 Å². The van der Waals surface area contributed by atoms with Crippen LogP contribution >= 0.6 is 11.6 Å². The Morgan fingerprint density at radius 3 is 1.04 bits per heavy atom. The van der Waals surface area contributed by atoms with Crippen LogP contribution in [-0.4, -0.2) is 24.9 Å². The minimum atomic E-state index is 0.569. The molecule has 0 atom stereocenters. The summed E-state index contributed by atoms with van der Waals surface area (Å²) >= 11 is 6.34. The lowest BCUT2D eigenvalue weighted by Crippen LogP contribution is -2.02. The molecule has 8 rings (SSSR count). The summed E-state index contributed by atoms with van der Waals surface area (Å²) in [6, 6.07) is 56.3. The van der Waals surface area contributed by atoms with Gasteiger partial charge in [-0.25, -0.2) is 24.9 Å². The number of benzene rings is 6. The van der Waals surface area contributed by atoms with Gasteiger partial charge in [0.1, 0.15) is 0 Å². The number of halogens is 1. The first-order valence-electron chi connectivity index (χ1n) is 16.0. The molecule has 0 spiro atoms. The zero-order chi connectivity index (χ0) is 33.0. The molecule has 0 saturated carbocycles. The quantitative estimate of drug-likeness (QED) is 0.172. The summed E-state index contributed by atoms with van der Waals surface area (Å²) in [5.41, 5.74) is 9.51. The van der Waals surface area contributed by atoms with Gasteiger partial charge in [-0.05, 0) is 18.2 Å². The molecule has 8 aromatic rings. The zero-order valence-corrected chi connectivity index (χ0v) is 27.0. The Morgan fingerprint density at radius 2 is 0.592 bits per heavy atom. The minimum absolute atomic E-state index is 0.569. The van der Waals surface area contributed by atoms with Crippen molar-refractivity contribution < 1.29 is 0 Å². The fourth-order valence-electron chi connectivity index (χ4n) is 5.78. The van der Waals surface area contributed by atoms with Gasteiger partial charge >= 0.3 is 0 Å². The van der Waals surface area contributed by atoms with Gasteiger partial charge in [0.15, 0.2) is 17.5 Å². The smallest absolute Gasteiger partial charge is 0.164 e. The highest BCUT2D eigenvalue weighted by Gasteiger charge is 2.20. The summed E-state index contributed by atoms with van der Waals surface area (Å²) in [7, 11) is 0. The molecule has 0 fully saturated rings. The summed E-state index contributed by atoms with van der Waals surface area (Å²) < 4.78 is 0. The molecule has 232 valence electrons. The Kier molecular flexibility index (Phi) is 8.24. The van der Waals surface area contributed by atoms with Crippen LogP contribution in [0.3, 0.4) is 0 Å². The highest BCUT2D eigenvalue weighted by atomic mass is 35.5. The molecule has 5 nitrogen and oxygen atoms in total. The second-order valence-corrected chi connectivity index (χ2v) is 11.9. The minimum Gasteiger partial charge on any atom is -0.243 e. The van der Waals surface area contributed by atoms with E-state index in [-0.39, 0.29) is 0 Å². The van der Waals surface area contributed by atoms with Gasteiger partial charge in [-0.2, -0.15) is 0 Å². The van der Waals surface area contributed by atoms with Crippen molar-refractivity contribution in [1.82, 2.24) is 24.9 Å². The SMILES string of the molecule is Clc1ccc(-c2nc(-c3ccccc3)c(-c3ccccc3)nc2-c2cccc(-c3nc(-c4ccccc4)nc(-c4ccccc4)n3)c2)cc1. The Balaban J connectivity index is 1.35. The third-order valence-corrected chi connectivity index (χ3v) is 8.45. The molecule has 0 N–H and O–H groups in total. The molecular weight excluding hydrogens is 622 g/mol. The van der Waals surface area contributed by atoms with Crippen LogP contribution in [0.4, 0.5) is 0 Å². The lowest BCUT2D eigenvalue weighted by atomic mass is 9.98. The van der Waals surface area contributed by atoms with E-state index in [1.54, 1.807) is 0 Å². The fourth-order valence-corrected chi connectivity index (χ4v) is 5.91. The van der Waals surface area contributed by atoms with E-state index in [4.69, 9.17) is 36.5 Å². The first-order chi connectivity index (χ1) is 24.2. The molecule has 0 bridgehead atoms. The number of hydrogen-bond donors (Lipinski definition) is 0. The molecule has 6 heteroatoms. The summed E-state index contributed by atoms with van der Waals surface area (Å²) in [5, 5.41) is 0.655. The first kappa shape index (κ1) is 30.1. The predicted molar refractivity (Wildman–Crippen MR) is 198 cm³/mol. The van der Waals surface area contributed by atoms with Gasteiger partial charge in [0.2, 0.25) is 0 Å². The lowest BCUT2D eigenvalue weighted by molar-refractivity contribution is 1.07. The van der Waals surface area contributed by atoms with Crippen LogP contribution in [0, 0.1) is 0 Å². The maximum absolute atomic E-state index is 6.34. The maximum atomic E-state index is 6.34. The van der Waals surface area contributed by atoms with E-state index in [0.717, 1.165) is 61.7 Å². The van der Waals surface area contributed by atoms with Gasteiger partial charge in [-0.3, -0.25) is 0 Å². The summed E-state index contributed by atoms with van der Waals surface area (Å²) in [6.45, 7) is 0. The zero-order valence-electron chi connectivity index (χ0n) is 26.3. The van der Waals surface area contributed by atoms with E-state index in [2.05, 4.69) is 36.4 Å². The van der Waals surface area contributed by atoms with Crippen molar-refractivity contribution in [2.45, 2.75) is 0 Å². The summed E-state index contributed by atoms with van der Waals surface area (Å²) in [4.78, 5) is 25.6. The summed E-state index contributed by atoms with van der Waals surface area (Å²) in [6.07, 6.45) is 0. The maximum Gasteiger partial charge on any atom is 0.164 e. The van der Waals surface area contributed by atoms with Gasteiger partial charge in [0, 0.05) is 44.0 Å². The van der Waals surface area contributed by atoms with E-state index in [1.165, 1.54) is 0 Å². The lowest BCUT2D eigenvalue weighted by Gasteiger charge is -2.16. The molecule has 0 amide bonds. The molecule has 0 radical (unpaired) electrons. The Labute approximate surface area is 289 Å². The predicted octanol–water partition coefficient (Wildman–Crippen LogP) is 11.0. The largest absolute Gasteiger partial charge is 0.243 e. The van der Waals surface area contributed by atoms with Crippen LogP contribution in [0.15, 0.2) is 170 Å². The van der Waals surface area contributed by atoms with Crippen LogP contribution in [0.1, 0.15) is 0 Å². The molecule has 2 heterocycles. The number of hydrogen-bond acceptors (Lipinski definition) is 5. The molecule has 0 saturated heterocycles. The van der Waals surface area contributed by atoms with E-state index >= 15 is 0 Å². The van der Waals surface area contributed by atoms with E-state index in [9.17, 15) is 0 Å². The highest BCUT2D eigenvalue weighted by molar-refractivity contribution is 6.30. The van der Waals surface area contributed by atoms with Crippen LogP contribution in [0.2, 0.25) is 5.02 Å². The van der Waals surface area contributed by atoms with Gasteiger partial charge < -0.3 is 0 Å². The first-order valence-corrected chi connectivity index (χ1v) is 16.3. The molecule has 49 heavy (non-hydrogen) atoms. The van der Waals surface area contributed by atoms with E-state index in [1.807, 2.05) is 133 Å². The third-order valence-electron chi connectivity index (χ3n) is 8.20. The monoisotopic (exact) mass is 649 g/mol. The third kappa shape index (κ3) is 6.35. The Morgan fingerprint density at radius 1 is 0.265 bits per heavy atom. The number of nitrogens with zero attached hydrogens (tertiary/aromatic N) is 5. The van der Waals surface area contributed by atoms with Crippen molar-refractivity contribution >= 4 is 11.6 Å². The molecule has 0 aliphatic carbocycles. The average molecular weight is 650 g/mol. The fraction of sp³-hybridized carbons (Fsp3) is 0. The molecule has 6 aromatic carbocycles. The van der Waals surface area contributed by atoms with Crippen molar-refractivity contribution in [2.75, 3.05) is 0 Å². The Bertz CT molecular complexity index is 2310. The van der Waals surface area contributed by atoms with Crippen LogP contribution in [-0.2, 0) is 0 Å². The van der Waals surface area contributed by atoms with Crippen molar-refractivity contribution in [3.8, 4) is 79.2 Å². The van der Waals surface area contributed by atoms with Gasteiger partial charge in [0.25, 0.3) is 0 Å². The van der Waals surface area contributed by atoms with E-state index in [0.29, 0.717) is 22.5 Å². The van der Waals surface area contributed by atoms with Crippen molar-refractivity contribution in [3.63, 3.8) is 0 Å². The second-order valence-electron chi connectivity index (χ2n) is 11.5. The average Bonchev–Trinajstić information content (AvgIpc) is 3.19. The molecule has 0 aliphatic heterocycles. The van der Waals surface area contributed by atoms with Crippen molar-refractivity contribution in [3.05, 3.63) is 175 Å².